The van der Waals surface area contributed by atoms with Gasteiger partial charge in [0.2, 0.25) is 10.0 Å². The minimum absolute atomic E-state index is 0.0331. The summed E-state index contributed by atoms with van der Waals surface area (Å²) >= 11 is 0. The molecule has 1 atom stereocenters. The first-order chi connectivity index (χ1) is 15.0. The van der Waals surface area contributed by atoms with Gasteiger partial charge in [-0.05, 0) is 29.8 Å². The number of anilines is 1. The molecule has 1 aliphatic heterocycles. The predicted molar refractivity (Wildman–Crippen MR) is 121 cm³/mol. The number of H-pyrrole nitrogens is 1. The highest BCUT2D eigenvalue weighted by Crippen LogP contribution is 2.28. The molecule has 4 rings (SSSR count). The second kappa shape index (κ2) is 7.74. The molecule has 2 heterocycles. The Kier molecular flexibility index (Phi) is 5.33. The molecule has 0 fully saturated rings. The SMILES string of the molecule is CS(=O)(=O)c1ccccc1CN=C1NC(N)(c2ccc(S(N)(=O)=O)cc2)Nc2cc[nH]c21. The topological polar surface area (TPSA) is 173 Å². The van der Waals surface area contributed by atoms with E-state index in [0.717, 1.165) is 6.26 Å². The average Bonchev–Trinajstić information content (AvgIpc) is 3.19. The number of primary sulfonamides is 1. The van der Waals surface area contributed by atoms with Crippen LogP contribution in [0.1, 0.15) is 16.8 Å². The number of benzene rings is 2. The summed E-state index contributed by atoms with van der Waals surface area (Å²) in [5.41, 5.74) is 9.01. The van der Waals surface area contributed by atoms with E-state index in [1.165, 1.54) is 12.1 Å². The summed E-state index contributed by atoms with van der Waals surface area (Å²) in [6.45, 7) is 0.102. The molecule has 1 unspecified atom stereocenters. The average molecular weight is 475 g/mol. The Morgan fingerprint density at radius 1 is 0.969 bits per heavy atom. The van der Waals surface area contributed by atoms with Crippen molar-refractivity contribution < 1.29 is 16.8 Å². The Bertz CT molecular complexity index is 1410. The summed E-state index contributed by atoms with van der Waals surface area (Å²) in [6.07, 6.45) is 2.87. The van der Waals surface area contributed by atoms with E-state index in [4.69, 9.17) is 10.9 Å². The number of sulfone groups is 1. The van der Waals surface area contributed by atoms with Crippen LogP contribution < -0.4 is 21.5 Å². The Morgan fingerprint density at radius 3 is 2.31 bits per heavy atom. The number of nitrogens with zero attached hydrogens (tertiary/aromatic N) is 1. The normalized spacial score (nSPS) is 19.8. The minimum Gasteiger partial charge on any atom is -0.357 e. The highest BCUT2D eigenvalue weighted by molar-refractivity contribution is 7.90. The molecule has 7 N–H and O–H groups in total. The Labute approximate surface area is 185 Å². The van der Waals surface area contributed by atoms with E-state index < -0.39 is 25.6 Å². The summed E-state index contributed by atoms with van der Waals surface area (Å²) in [5, 5.41) is 11.5. The third kappa shape index (κ3) is 4.25. The molecule has 0 aliphatic carbocycles. The van der Waals surface area contributed by atoms with Gasteiger partial charge in [0.1, 0.15) is 5.69 Å². The zero-order valence-corrected chi connectivity index (χ0v) is 18.7. The van der Waals surface area contributed by atoms with Crippen LogP contribution in [0.15, 0.2) is 75.6 Å². The van der Waals surface area contributed by atoms with Gasteiger partial charge in [0, 0.05) is 18.0 Å². The van der Waals surface area contributed by atoms with E-state index in [9.17, 15) is 16.8 Å². The lowest BCUT2D eigenvalue weighted by Gasteiger charge is -2.38. The number of nitrogens with one attached hydrogen (secondary N) is 3. The second-order valence-corrected chi connectivity index (χ2v) is 11.0. The number of aromatic amines is 1. The van der Waals surface area contributed by atoms with Crippen LogP contribution in [0.4, 0.5) is 5.69 Å². The van der Waals surface area contributed by atoms with Crippen LogP contribution in [-0.4, -0.2) is 33.9 Å². The number of aromatic nitrogens is 1. The van der Waals surface area contributed by atoms with Crippen molar-refractivity contribution >= 4 is 31.4 Å². The molecule has 3 aromatic rings. The van der Waals surface area contributed by atoms with Crippen molar-refractivity contribution in [3.63, 3.8) is 0 Å². The molecule has 0 saturated carbocycles. The Hall–Kier alpha value is -3.19. The molecule has 0 amide bonds. The van der Waals surface area contributed by atoms with Gasteiger partial charge in [0.25, 0.3) is 0 Å². The van der Waals surface area contributed by atoms with E-state index in [1.54, 1.807) is 48.7 Å². The van der Waals surface area contributed by atoms with E-state index in [1.807, 2.05) is 0 Å². The fourth-order valence-corrected chi connectivity index (χ4v) is 4.94. The van der Waals surface area contributed by atoms with Crippen molar-refractivity contribution in [2.24, 2.45) is 15.9 Å². The first-order valence-electron chi connectivity index (χ1n) is 9.46. The quantitative estimate of drug-likeness (QED) is 0.364. The first kappa shape index (κ1) is 22.0. The fourth-order valence-electron chi connectivity index (χ4n) is 3.49. The number of hydrogen-bond donors (Lipinski definition) is 5. The highest BCUT2D eigenvalue weighted by Gasteiger charge is 2.35. The van der Waals surface area contributed by atoms with Gasteiger partial charge >= 0.3 is 0 Å². The number of rotatable bonds is 5. The molecule has 0 saturated heterocycles. The van der Waals surface area contributed by atoms with Crippen molar-refractivity contribution in [3.8, 4) is 0 Å². The van der Waals surface area contributed by atoms with Gasteiger partial charge < -0.3 is 15.6 Å². The molecule has 1 aromatic heterocycles. The molecule has 10 nitrogen and oxygen atoms in total. The summed E-state index contributed by atoms with van der Waals surface area (Å²) in [6, 6.07) is 14.3. The third-order valence-corrected chi connectivity index (χ3v) is 7.18. The molecular weight excluding hydrogens is 452 g/mol. The number of nitrogens with two attached hydrogens (primary N) is 2. The van der Waals surface area contributed by atoms with E-state index >= 15 is 0 Å². The molecule has 1 aliphatic rings. The molecule has 32 heavy (non-hydrogen) atoms. The lowest BCUT2D eigenvalue weighted by Crippen LogP contribution is -2.61. The molecule has 0 bridgehead atoms. The molecule has 168 valence electrons. The lowest BCUT2D eigenvalue weighted by molar-refractivity contribution is 0.465. The number of hydrogen-bond acceptors (Lipinski definition) is 7. The van der Waals surface area contributed by atoms with Gasteiger partial charge in [-0.15, -0.1) is 0 Å². The number of fused-ring (bicyclic) bond motifs is 1. The van der Waals surface area contributed by atoms with Crippen LogP contribution in [0, 0.1) is 0 Å². The molecule has 12 heteroatoms. The minimum atomic E-state index is -3.84. The highest BCUT2D eigenvalue weighted by atomic mass is 32.2. The standard InChI is InChI=1S/C20H22N6O4S2/c1-31(27,28)17-5-3-2-4-13(17)12-24-19-18-16(10-11-23-18)25-20(21,26-19)14-6-8-15(9-7-14)32(22,29)30/h2-11,23,25H,12,21H2,1H3,(H,24,26)(H2,22,29,30). The number of sulfonamides is 1. The van der Waals surface area contributed by atoms with Crippen molar-refractivity contribution in [1.82, 2.24) is 10.3 Å². The van der Waals surface area contributed by atoms with E-state index in [2.05, 4.69) is 20.6 Å². The first-order valence-corrected chi connectivity index (χ1v) is 12.9. The second-order valence-electron chi connectivity index (χ2n) is 7.44. The Morgan fingerprint density at radius 2 is 1.66 bits per heavy atom. The van der Waals surface area contributed by atoms with Crippen LogP contribution in [0.5, 0.6) is 0 Å². The van der Waals surface area contributed by atoms with Crippen LogP contribution in [0.25, 0.3) is 0 Å². The van der Waals surface area contributed by atoms with E-state index in [-0.39, 0.29) is 16.3 Å². The van der Waals surface area contributed by atoms with E-state index in [0.29, 0.717) is 28.3 Å². The smallest absolute Gasteiger partial charge is 0.238 e. The molecule has 2 aromatic carbocycles. The number of aliphatic imine (C=N–C) groups is 1. The van der Waals surface area contributed by atoms with Gasteiger partial charge in [-0.25, -0.2) is 22.0 Å². The maximum atomic E-state index is 12.1. The van der Waals surface area contributed by atoms with Crippen molar-refractivity contribution in [3.05, 3.63) is 77.6 Å². The van der Waals surface area contributed by atoms with Crippen molar-refractivity contribution in [2.75, 3.05) is 11.6 Å². The van der Waals surface area contributed by atoms with Crippen LogP contribution in [0.2, 0.25) is 0 Å². The summed E-state index contributed by atoms with van der Waals surface area (Å²) < 4.78 is 47.3. The van der Waals surface area contributed by atoms with Gasteiger partial charge in [0.15, 0.2) is 21.5 Å². The third-order valence-electron chi connectivity index (χ3n) is 5.05. The summed E-state index contributed by atoms with van der Waals surface area (Å²) in [5.74, 6) is -0.883. The van der Waals surface area contributed by atoms with Gasteiger partial charge in [-0.1, -0.05) is 30.3 Å². The maximum absolute atomic E-state index is 12.1. The maximum Gasteiger partial charge on any atom is 0.238 e. The number of amidine groups is 1. The summed E-state index contributed by atoms with van der Waals surface area (Å²) in [4.78, 5) is 7.85. The van der Waals surface area contributed by atoms with Crippen LogP contribution >= 0.6 is 0 Å². The molecular formula is C20H22N6O4S2. The monoisotopic (exact) mass is 474 g/mol. The zero-order valence-electron chi connectivity index (χ0n) is 17.0. The zero-order chi connectivity index (χ0) is 23.1. The molecule has 0 radical (unpaired) electrons. The Balaban J connectivity index is 1.70. The van der Waals surface area contributed by atoms with Gasteiger partial charge in [-0.2, -0.15) is 0 Å². The van der Waals surface area contributed by atoms with Crippen LogP contribution in [0.3, 0.4) is 0 Å². The van der Waals surface area contributed by atoms with Gasteiger partial charge in [-0.3, -0.25) is 10.7 Å². The largest absolute Gasteiger partial charge is 0.357 e. The summed E-state index contributed by atoms with van der Waals surface area (Å²) in [7, 11) is -7.25. The van der Waals surface area contributed by atoms with Crippen molar-refractivity contribution in [2.45, 2.75) is 22.1 Å². The van der Waals surface area contributed by atoms with Crippen LogP contribution in [-0.2, 0) is 32.2 Å². The molecule has 0 spiro atoms. The van der Waals surface area contributed by atoms with Crippen molar-refractivity contribution in [1.29, 1.82) is 0 Å². The fraction of sp³-hybridized carbons (Fsp3) is 0.150. The van der Waals surface area contributed by atoms with Gasteiger partial charge in [0.05, 0.1) is 22.0 Å². The lowest BCUT2D eigenvalue weighted by atomic mass is 10.0. The predicted octanol–water partition coefficient (Wildman–Crippen LogP) is 0.797.